The highest BCUT2D eigenvalue weighted by Crippen LogP contribution is 2.19. The Morgan fingerprint density at radius 1 is 1.32 bits per heavy atom. The summed E-state index contributed by atoms with van der Waals surface area (Å²) in [6.45, 7) is 1.26. The third kappa shape index (κ3) is 3.33. The van der Waals surface area contributed by atoms with Gasteiger partial charge in [0.2, 0.25) is 5.91 Å². The number of carbonyl (C=O) groups is 2. The molecule has 1 saturated heterocycles. The van der Waals surface area contributed by atoms with Crippen molar-refractivity contribution < 1.29 is 14.3 Å². The summed E-state index contributed by atoms with van der Waals surface area (Å²) in [5, 5.41) is 8.38. The molecule has 116 valence electrons. The molecule has 0 aliphatic carbocycles. The Morgan fingerprint density at radius 3 is 2.86 bits per heavy atom. The molecule has 2 heterocycles. The minimum Gasteiger partial charge on any atom is -0.376 e. The molecule has 1 fully saturated rings. The summed E-state index contributed by atoms with van der Waals surface area (Å²) in [7, 11) is 0. The molecule has 6 nitrogen and oxygen atoms in total. The number of amides is 2. The first-order valence-corrected chi connectivity index (χ1v) is 7.59. The van der Waals surface area contributed by atoms with E-state index >= 15 is 0 Å². The first kappa shape index (κ1) is 14.7. The van der Waals surface area contributed by atoms with Crippen LogP contribution in [0.15, 0.2) is 35.4 Å². The summed E-state index contributed by atoms with van der Waals surface area (Å²) in [6, 6.07) is 9.15. The third-order valence-corrected chi connectivity index (χ3v) is 3.81. The van der Waals surface area contributed by atoms with E-state index in [1.807, 2.05) is 18.2 Å². The third-order valence-electron chi connectivity index (χ3n) is 3.81. The molecule has 2 amide bonds. The van der Waals surface area contributed by atoms with Crippen LogP contribution in [0.25, 0.3) is 0 Å². The maximum absolute atomic E-state index is 12.2. The van der Waals surface area contributed by atoms with E-state index in [0.29, 0.717) is 30.8 Å². The van der Waals surface area contributed by atoms with Gasteiger partial charge in [-0.25, -0.2) is 5.01 Å². The lowest BCUT2D eigenvalue weighted by atomic mass is 10.1. The average Bonchev–Trinajstić information content (AvgIpc) is 3.07. The van der Waals surface area contributed by atoms with Crippen molar-refractivity contribution in [1.29, 1.82) is 0 Å². The molecular weight excluding hydrogens is 282 g/mol. The second kappa shape index (κ2) is 6.70. The first-order chi connectivity index (χ1) is 10.7. The molecule has 6 heteroatoms. The molecule has 1 atom stereocenters. The van der Waals surface area contributed by atoms with Gasteiger partial charge < -0.3 is 10.1 Å². The lowest BCUT2D eigenvalue weighted by Gasteiger charge is -2.23. The van der Waals surface area contributed by atoms with E-state index in [1.54, 1.807) is 12.1 Å². The zero-order valence-electron chi connectivity index (χ0n) is 12.3. The number of hydrogen-bond acceptors (Lipinski definition) is 4. The van der Waals surface area contributed by atoms with Crippen LogP contribution in [0.3, 0.4) is 0 Å². The van der Waals surface area contributed by atoms with Crippen LogP contribution in [0.1, 0.15) is 25.7 Å². The van der Waals surface area contributed by atoms with Crippen molar-refractivity contribution in [3.63, 3.8) is 0 Å². The molecule has 1 aromatic carbocycles. The van der Waals surface area contributed by atoms with Crippen molar-refractivity contribution in [3.05, 3.63) is 30.3 Å². The monoisotopic (exact) mass is 301 g/mol. The number of hydrogen-bond donors (Lipinski definition) is 1. The Balaban J connectivity index is 1.67. The van der Waals surface area contributed by atoms with Crippen LogP contribution in [-0.4, -0.2) is 36.8 Å². The summed E-state index contributed by atoms with van der Waals surface area (Å²) in [4.78, 5) is 24.2. The fourth-order valence-corrected chi connectivity index (χ4v) is 2.60. The summed E-state index contributed by atoms with van der Waals surface area (Å²) < 4.78 is 5.48. The largest absolute Gasteiger partial charge is 0.376 e. The van der Waals surface area contributed by atoms with Gasteiger partial charge in [0.15, 0.2) is 0 Å². The Kier molecular flexibility index (Phi) is 4.48. The Labute approximate surface area is 129 Å². The Morgan fingerprint density at radius 2 is 2.14 bits per heavy atom. The van der Waals surface area contributed by atoms with Crippen molar-refractivity contribution in [3.8, 4) is 0 Å². The fraction of sp³-hybridized carbons (Fsp3) is 0.438. The topological polar surface area (TPSA) is 71.0 Å². The minimum absolute atomic E-state index is 0.0955. The van der Waals surface area contributed by atoms with E-state index in [9.17, 15) is 9.59 Å². The van der Waals surface area contributed by atoms with Gasteiger partial charge >= 0.3 is 0 Å². The number of nitrogens with one attached hydrogen (secondary N) is 1. The predicted molar refractivity (Wildman–Crippen MR) is 82.6 cm³/mol. The summed E-state index contributed by atoms with van der Waals surface area (Å²) in [6.07, 6.45) is 2.78. The minimum atomic E-state index is -0.219. The number of rotatable bonds is 4. The zero-order chi connectivity index (χ0) is 15.4. The van der Waals surface area contributed by atoms with Gasteiger partial charge in [-0.1, -0.05) is 18.2 Å². The Hall–Kier alpha value is -2.21. The van der Waals surface area contributed by atoms with Gasteiger partial charge in [0, 0.05) is 26.0 Å². The van der Waals surface area contributed by atoms with Crippen molar-refractivity contribution in [2.45, 2.75) is 31.8 Å². The highest BCUT2D eigenvalue weighted by Gasteiger charge is 2.26. The van der Waals surface area contributed by atoms with Crippen molar-refractivity contribution >= 4 is 23.2 Å². The van der Waals surface area contributed by atoms with Gasteiger partial charge in [-0.3, -0.25) is 9.59 Å². The van der Waals surface area contributed by atoms with E-state index in [4.69, 9.17) is 4.74 Å². The van der Waals surface area contributed by atoms with E-state index in [0.717, 1.165) is 19.4 Å². The predicted octanol–water partition coefficient (Wildman–Crippen LogP) is 1.46. The summed E-state index contributed by atoms with van der Waals surface area (Å²) >= 11 is 0. The number of para-hydroxylation sites is 1. The highest BCUT2D eigenvalue weighted by atomic mass is 16.5. The van der Waals surface area contributed by atoms with Crippen LogP contribution in [0.4, 0.5) is 5.69 Å². The van der Waals surface area contributed by atoms with E-state index in [-0.39, 0.29) is 17.9 Å². The maximum atomic E-state index is 12.2. The molecule has 1 aromatic rings. The van der Waals surface area contributed by atoms with Crippen molar-refractivity contribution in [1.82, 2.24) is 5.32 Å². The number of hydrazone groups is 1. The van der Waals surface area contributed by atoms with Gasteiger partial charge in [-0.15, -0.1) is 0 Å². The average molecular weight is 301 g/mol. The van der Waals surface area contributed by atoms with Gasteiger partial charge in [0.1, 0.15) is 5.71 Å². The molecule has 2 aliphatic heterocycles. The molecule has 0 aromatic heterocycles. The molecule has 2 aliphatic rings. The van der Waals surface area contributed by atoms with Crippen LogP contribution in [0.5, 0.6) is 0 Å². The molecular formula is C16H19N3O3. The van der Waals surface area contributed by atoms with Crippen molar-refractivity contribution in [2.75, 3.05) is 18.2 Å². The number of nitrogens with zero attached hydrogens (tertiary/aromatic N) is 2. The van der Waals surface area contributed by atoms with Crippen LogP contribution in [0.2, 0.25) is 0 Å². The molecule has 0 spiro atoms. The zero-order valence-corrected chi connectivity index (χ0v) is 12.3. The maximum Gasteiger partial charge on any atom is 0.267 e. The molecule has 0 saturated carbocycles. The van der Waals surface area contributed by atoms with Crippen LogP contribution >= 0.6 is 0 Å². The fourth-order valence-electron chi connectivity index (χ4n) is 2.60. The van der Waals surface area contributed by atoms with Gasteiger partial charge in [-0.05, 0) is 25.0 Å². The van der Waals surface area contributed by atoms with E-state index in [2.05, 4.69) is 10.4 Å². The van der Waals surface area contributed by atoms with Gasteiger partial charge in [-0.2, -0.15) is 5.10 Å². The van der Waals surface area contributed by atoms with Gasteiger partial charge in [0.05, 0.1) is 11.8 Å². The number of ether oxygens (including phenoxy) is 1. The molecule has 0 radical (unpaired) electrons. The second-order valence-corrected chi connectivity index (χ2v) is 5.43. The molecule has 3 rings (SSSR count). The SMILES string of the molecule is O=C(NC[C@@H]1CCCO1)C1=NN(c2ccccc2)C(=O)CC1. The first-order valence-electron chi connectivity index (χ1n) is 7.59. The highest BCUT2D eigenvalue weighted by molar-refractivity contribution is 6.40. The number of benzene rings is 1. The molecule has 1 N–H and O–H groups in total. The standard InChI is InChI=1S/C16H19N3O3/c20-15-9-8-14(16(21)17-11-13-7-4-10-22-13)18-19(15)12-5-2-1-3-6-12/h1-3,5-6,13H,4,7-11H2,(H,17,21)/t13-/m0/s1. The molecule has 0 unspecified atom stereocenters. The lowest BCUT2D eigenvalue weighted by Crippen LogP contribution is -2.41. The van der Waals surface area contributed by atoms with Crippen LogP contribution < -0.4 is 10.3 Å². The van der Waals surface area contributed by atoms with Crippen molar-refractivity contribution in [2.24, 2.45) is 5.10 Å². The normalized spacial score (nSPS) is 21.6. The van der Waals surface area contributed by atoms with Gasteiger partial charge in [0.25, 0.3) is 5.91 Å². The molecule has 22 heavy (non-hydrogen) atoms. The van der Waals surface area contributed by atoms with E-state index in [1.165, 1.54) is 5.01 Å². The number of anilines is 1. The molecule has 0 bridgehead atoms. The summed E-state index contributed by atoms with van der Waals surface area (Å²) in [5.41, 5.74) is 1.07. The smallest absolute Gasteiger partial charge is 0.267 e. The second-order valence-electron chi connectivity index (χ2n) is 5.43. The van der Waals surface area contributed by atoms with E-state index < -0.39 is 0 Å². The van der Waals surface area contributed by atoms with Crippen LogP contribution in [0, 0.1) is 0 Å². The van der Waals surface area contributed by atoms with Crippen LogP contribution in [-0.2, 0) is 14.3 Å². The lowest BCUT2D eigenvalue weighted by molar-refractivity contribution is -0.119. The summed E-state index contributed by atoms with van der Waals surface area (Å²) in [5.74, 6) is -0.314. The number of carbonyl (C=O) groups excluding carboxylic acids is 2. The quantitative estimate of drug-likeness (QED) is 0.915. The Bertz CT molecular complexity index is 580.